The average Bonchev–Trinajstić information content (AvgIpc) is 1.89. The molecule has 3 nitrogen and oxygen atoms in total. The van der Waals surface area contributed by atoms with E-state index >= 15 is 0 Å². The zero-order valence-electron chi connectivity index (χ0n) is 5.74. The van der Waals surface area contributed by atoms with Gasteiger partial charge in [-0.05, 0) is 6.08 Å². The summed E-state index contributed by atoms with van der Waals surface area (Å²) in [5, 5.41) is 8.38. The van der Waals surface area contributed by atoms with E-state index in [9.17, 15) is 4.79 Å². The summed E-state index contributed by atoms with van der Waals surface area (Å²) < 4.78 is 0. The van der Waals surface area contributed by atoms with Crippen LogP contribution in [0.2, 0.25) is 0 Å². The average molecular weight is 139 g/mol. The molecule has 0 fully saturated rings. The van der Waals surface area contributed by atoms with Crippen molar-refractivity contribution in [1.82, 2.24) is 0 Å². The summed E-state index contributed by atoms with van der Waals surface area (Å²) in [6.07, 6.45) is 4.40. The molecule has 10 heavy (non-hydrogen) atoms. The number of carboxylic acid groups (broad SMARTS) is 1. The van der Waals surface area contributed by atoms with Gasteiger partial charge in [0, 0.05) is 7.05 Å². The lowest BCUT2D eigenvalue weighted by Crippen LogP contribution is -2.08. The monoisotopic (exact) mass is 139 g/mol. The maximum absolute atomic E-state index is 10.2. The van der Waals surface area contributed by atoms with Crippen molar-refractivity contribution in [2.45, 2.75) is 0 Å². The highest BCUT2D eigenvalue weighted by Gasteiger charge is 2.00. The molecule has 0 unspecified atom stereocenters. The first-order valence-electron chi connectivity index (χ1n) is 2.71. The van der Waals surface area contributed by atoms with Crippen molar-refractivity contribution in [2.24, 2.45) is 4.99 Å². The van der Waals surface area contributed by atoms with Crippen molar-refractivity contribution >= 4 is 11.7 Å². The molecule has 0 saturated carbocycles. The maximum Gasteiger partial charge on any atom is 0.354 e. The highest BCUT2D eigenvalue weighted by Crippen LogP contribution is 1.81. The molecule has 3 heteroatoms. The summed E-state index contributed by atoms with van der Waals surface area (Å²) in [4.78, 5) is 13.7. The maximum atomic E-state index is 10.2. The number of nitrogens with zero attached hydrogens (tertiary/aromatic N) is 1. The Morgan fingerprint density at radius 2 is 2.30 bits per heavy atom. The van der Waals surface area contributed by atoms with Gasteiger partial charge in [-0.25, -0.2) is 4.79 Å². The predicted molar refractivity (Wildman–Crippen MR) is 40.3 cm³/mol. The molecule has 0 spiro atoms. The fraction of sp³-hybridized carbons (Fsp3) is 0.143. The van der Waals surface area contributed by atoms with Gasteiger partial charge in [-0.15, -0.1) is 0 Å². The van der Waals surface area contributed by atoms with E-state index in [4.69, 9.17) is 5.11 Å². The summed E-state index contributed by atoms with van der Waals surface area (Å²) in [6.45, 7) is 3.39. The van der Waals surface area contributed by atoms with Crippen molar-refractivity contribution in [3.8, 4) is 0 Å². The Bertz CT molecular complexity index is 192. The van der Waals surface area contributed by atoms with Crippen LogP contribution in [0.3, 0.4) is 0 Å². The molecule has 0 heterocycles. The summed E-state index contributed by atoms with van der Waals surface area (Å²) in [6, 6.07) is 0. The van der Waals surface area contributed by atoms with Crippen LogP contribution >= 0.6 is 0 Å². The molecule has 0 bridgehead atoms. The summed E-state index contributed by atoms with van der Waals surface area (Å²) >= 11 is 0. The fourth-order valence-electron chi connectivity index (χ4n) is 0.401. The normalized spacial score (nSPS) is 11.9. The molecule has 0 aromatic rings. The zero-order valence-corrected chi connectivity index (χ0v) is 5.74. The number of aliphatic imine (C=N–C) groups is 1. The summed E-state index contributed by atoms with van der Waals surface area (Å²) in [5.41, 5.74) is 0.0277. The number of carboxylic acids is 1. The molecule has 0 atom stereocenters. The van der Waals surface area contributed by atoms with Gasteiger partial charge in [0.1, 0.15) is 5.71 Å². The van der Waals surface area contributed by atoms with E-state index in [1.54, 1.807) is 0 Å². The van der Waals surface area contributed by atoms with Crippen LogP contribution in [0.25, 0.3) is 0 Å². The van der Waals surface area contributed by atoms with Gasteiger partial charge in [0.15, 0.2) is 0 Å². The van der Waals surface area contributed by atoms with Gasteiger partial charge in [0.25, 0.3) is 0 Å². The molecule has 0 radical (unpaired) electrons. The Kier molecular flexibility index (Phi) is 3.87. The number of hydrogen-bond acceptors (Lipinski definition) is 2. The smallest absolute Gasteiger partial charge is 0.354 e. The second-order valence-corrected chi connectivity index (χ2v) is 1.51. The molecule has 0 aliphatic carbocycles. The van der Waals surface area contributed by atoms with Gasteiger partial charge in [0.2, 0.25) is 0 Å². The first-order valence-corrected chi connectivity index (χ1v) is 2.71. The lowest BCUT2D eigenvalue weighted by atomic mass is 10.3. The minimum atomic E-state index is -1.03. The standard InChI is InChI=1S/C7H9NO2/c1-3-4-5-6(8-2)7(9)10/h3-5H,1H2,2H3,(H,9,10). The van der Waals surface area contributed by atoms with Crippen molar-refractivity contribution in [3.63, 3.8) is 0 Å². The molecule has 0 saturated heterocycles. The number of hydrogen-bond donors (Lipinski definition) is 1. The van der Waals surface area contributed by atoms with E-state index in [1.807, 2.05) is 0 Å². The molecule has 0 aliphatic heterocycles. The fourth-order valence-corrected chi connectivity index (χ4v) is 0.401. The third-order valence-corrected chi connectivity index (χ3v) is 0.850. The number of allylic oxidation sites excluding steroid dienone is 2. The molecule has 0 rings (SSSR count). The lowest BCUT2D eigenvalue weighted by Gasteiger charge is -1.87. The van der Waals surface area contributed by atoms with E-state index in [0.29, 0.717) is 0 Å². The quantitative estimate of drug-likeness (QED) is 0.466. The zero-order chi connectivity index (χ0) is 7.98. The molecule has 1 N–H and O–H groups in total. The van der Waals surface area contributed by atoms with E-state index < -0.39 is 5.97 Å². The minimum Gasteiger partial charge on any atom is -0.477 e. The van der Waals surface area contributed by atoms with Crippen molar-refractivity contribution in [2.75, 3.05) is 7.05 Å². The lowest BCUT2D eigenvalue weighted by molar-refractivity contribution is -0.129. The SMILES string of the molecule is C=CC=CC(=NC)C(=O)O. The van der Waals surface area contributed by atoms with Crippen LogP contribution < -0.4 is 0 Å². The molecule has 0 aromatic heterocycles. The van der Waals surface area contributed by atoms with Crippen molar-refractivity contribution in [3.05, 3.63) is 24.8 Å². The van der Waals surface area contributed by atoms with Crippen LogP contribution in [0.5, 0.6) is 0 Å². The predicted octanol–water partition coefficient (Wildman–Crippen LogP) is 0.884. The molecule has 0 aromatic carbocycles. The minimum absolute atomic E-state index is 0.0277. The van der Waals surface area contributed by atoms with E-state index in [0.717, 1.165) is 0 Å². The second kappa shape index (κ2) is 4.49. The Morgan fingerprint density at radius 1 is 1.70 bits per heavy atom. The van der Waals surface area contributed by atoms with Crippen molar-refractivity contribution < 1.29 is 9.90 Å². The van der Waals surface area contributed by atoms with Gasteiger partial charge >= 0.3 is 5.97 Å². The Balaban J connectivity index is 4.25. The topological polar surface area (TPSA) is 49.7 Å². The number of rotatable bonds is 3. The summed E-state index contributed by atoms with van der Waals surface area (Å²) in [7, 11) is 1.43. The van der Waals surface area contributed by atoms with Crippen LogP contribution in [0.15, 0.2) is 29.8 Å². The van der Waals surface area contributed by atoms with E-state index in [-0.39, 0.29) is 5.71 Å². The van der Waals surface area contributed by atoms with Gasteiger partial charge in [-0.2, -0.15) is 0 Å². The van der Waals surface area contributed by atoms with Gasteiger partial charge in [-0.3, -0.25) is 4.99 Å². The van der Waals surface area contributed by atoms with Gasteiger partial charge in [0.05, 0.1) is 0 Å². The summed E-state index contributed by atoms with van der Waals surface area (Å²) in [5.74, 6) is -1.03. The molecule has 0 aliphatic rings. The largest absolute Gasteiger partial charge is 0.477 e. The Morgan fingerprint density at radius 3 is 2.60 bits per heavy atom. The molecular formula is C7H9NO2. The van der Waals surface area contributed by atoms with Crippen molar-refractivity contribution in [1.29, 1.82) is 0 Å². The van der Waals surface area contributed by atoms with Crippen LogP contribution in [-0.2, 0) is 4.79 Å². The Labute approximate surface area is 59.4 Å². The molecular weight excluding hydrogens is 130 g/mol. The third-order valence-electron chi connectivity index (χ3n) is 0.850. The third kappa shape index (κ3) is 2.81. The highest BCUT2D eigenvalue weighted by molar-refractivity contribution is 6.40. The highest BCUT2D eigenvalue weighted by atomic mass is 16.4. The van der Waals surface area contributed by atoms with Gasteiger partial charge in [-0.1, -0.05) is 18.7 Å². The number of aliphatic carboxylic acids is 1. The van der Waals surface area contributed by atoms with E-state index in [1.165, 1.54) is 25.3 Å². The Hall–Kier alpha value is -1.38. The molecule has 0 amide bonds. The molecule has 54 valence electrons. The van der Waals surface area contributed by atoms with Crippen LogP contribution in [0.4, 0.5) is 0 Å². The number of carbonyl (C=O) groups is 1. The van der Waals surface area contributed by atoms with Crippen LogP contribution in [-0.4, -0.2) is 23.8 Å². The van der Waals surface area contributed by atoms with Crippen LogP contribution in [0, 0.1) is 0 Å². The first-order chi connectivity index (χ1) is 4.72. The second-order valence-electron chi connectivity index (χ2n) is 1.51. The van der Waals surface area contributed by atoms with Crippen LogP contribution in [0.1, 0.15) is 0 Å². The van der Waals surface area contributed by atoms with E-state index in [2.05, 4.69) is 11.6 Å². The first kappa shape index (κ1) is 8.62. The van der Waals surface area contributed by atoms with Gasteiger partial charge < -0.3 is 5.11 Å².